The first-order valence-corrected chi connectivity index (χ1v) is 10.5. The summed E-state index contributed by atoms with van der Waals surface area (Å²) in [4.78, 5) is 27.0. The average molecular weight is 374 g/mol. The smallest absolute Gasteiger partial charge is 0.310 e. The van der Waals surface area contributed by atoms with Gasteiger partial charge in [0.25, 0.3) is 0 Å². The summed E-state index contributed by atoms with van der Waals surface area (Å²) in [5.41, 5.74) is 1.10. The quantitative estimate of drug-likeness (QED) is 0.583. The molecule has 1 aromatic carbocycles. The minimum atomic E-state index is -0.316. The Morgan fingerprint density at radius 2 is 1.81 bits per heavy atom. The minimum Gasteiger partial charge on any atom is -0.469 e. The monoisotopic (exact) mass is 373 g/mol. The van der Waals surface area contributed by atoms with Crippen molar-refractivity contribution in [2.24, 2.45) is 17.8 Å². The molecule has 4 nitrogen and oxygen atoms in total. The van der Waals surface area contributed by atoms with Gasteiger partial charge in [0.15, 0.2) is 0 Å². The first-order chi connectivity index (χ1) is 13.0. The first kappa shape index (κ1) is 21.5. The number of hydrogen-bond acceptors (Lipinski definition) is 3. The summed E-state index contributed by atoms with van der Waals surface area (Å²) < 4.78 is 4.86. The lowest BCUT2D eigenvalue weighted by Crippen LogP contribution is -2.41. The van der Waals surface area contributed by atoms with Crippen LogP contribution in [0.25, 0.3) is 0 Å². The third-order valence-electron chi connectivity index (χ3n) is 5.79. The number of rotatable bonds is 9. The van der Waals surface area contributed by atoms with E-state index < -0.39 is 0 Å². The first-order valence-electron chi connectivity index (χ1n) is 10.5. The van der Waals surface area contributed by atoms with E-state index in [1.165, 1.54) is 26.4 Å². The van der Waals surface area contributed by atoms with Gasteiger partial charge in [-0.3, -0.25) is 9.59 Å². The fourth-order valence-corrected chi connectivity index (χ4v) is 4.09. The van der Waals surface area contributed by atoms with Gasteiger partial charge in [0.05, 0.1) is 13.0 Å². The van der Waals surface area contributed by atoms with Crippen molar-refractivity contribution in [2.45, 2.75) is 65.3 Å². The maximum absolute atomic E-state index is 13.2. The van der Waals surface area contributed by atoms with Crippen LogP contribution in [0, 0.1) is 17.8 Å². The molecular weight excluding hydrogens is 338 g/mol. The van der Waals surface area contributed by atoms with Gasteiger partial charge in [-0.2, -0.15) is 0 Å². The number of methoxy groups -OCH3 is 1. The Labute approximate surface area is 164 Å². The van der Waals surface area contributed by atoms with Crippen molar-refractivity contribution in [3.8, 4) is 0 Å². The molecule has 0 heterocycles. The highest BCUT2D eigenvalue weighted by molar-refractivity contribution is 5.80. The topological polar surface area (TPSA) is 46.6 Å². The zero-order valence-corrected chi connectivity index (χ0v) is 17.2. The Bertz CT molecular complexity index is 579. The molecule has 1 aliphatic carbocycles. The standard InChI is InChI=1S/C23H35NO3/c1-4-5-9-19-12-14-21(15-13-19)22(25)24(16-18(2)23(26)27-3)17-20-10-7-6-8-11-20/h6-8,10-11,18-19,21H,4-5,9,12-17H2,1-3H3. The van der Waals surface area contributed by atoms with E-state index in [9.17, 15) is 9.59 Å². The number of amides is 1. The predicted molar refractivity (Wildman–Crippen MR) is 108 cm³/mol. The molecule has 0 spiro atoms. The Kier molecular flexibility index (Phi) is 8.83. The van der Waals surface area contributed by atoms with E-state index >= 15 is 0 Å². The number of ether oxygens (including phenoxy) is 1. The number of unbranched alkanes of at least 4 members (excludes halogenated alkanes) is 1. The average Bonchev–Trinajstić information content (AvgIpc) is 2.71. The molecule has 0 aliphatic heterocycles. The Balaban J connectivity index is 2.01. The largest absolute Gasteiger partial charge is 0.469 e. The third kappa shape index (κ3) is 6.67. The molecule has 1 aliphatic rings. The summed E-state index contributed by atoms with van der Waals surface area (Å²) in [6, 6.07) is 10.0. The second kappa shape index (κ2) is 11.1. The van der Waals surface area contributed by atoms with Gasteiger partial charge in [-0.25, -0.2) is 0 Å². The van der Waals surface area contributed by atoms with Crippen LogP contribution in [0.4, 0.5) is 0 Å². The van der Waals surface area contributed by atoms with E-state index in [1.807, 2.05) is 42.2 Å². The lowest BCUT2D eigenvalue weighted by atomic mass is 9.79. The van der Waals surface area contributed by atoms with Gasteiger partial charge in [-0.15, -0.1) is 0 Å². The van der Waals surface area contributed by atoms with Gasteiger partial charge < -0.3 is 9.64 Å². The number of nitrogens with zero attached hydrogens (tertiary/aromatic N) is 1. The van der Waals surface area contributed by atoms with Crippen LogP contribution in [-0.2, 0) is 20.9 Å². The van der Waals surface area contributed by atoms with Crippen LogP contribution in [0.3, 0.4) is 0 Å². The van der Waals surface area contributed by atoms with Crippen LogP contribution in [0.1, 0.15) is 64.4 Å². The molecule has 0 radical (unpaired) electrons. The SMILES string of the molecule is CCCCC1CCC(C(=O)N(Cc2ccccc2)CC(C)C(=O)OC)CC1. The van der Waals surface area contributed by atoms with Crippen molar-refractivity contribution in [3.63, 3.8) is 0 Å². The summed E-state index contributed by atoms with van der Waals surface area (Å²) in [5.74, 6) is 0.498. The van der Waals surface area contributed by atoms with E-state index in [4.69, 9.17) is 4.74 Å². The second-order valence-corrected chi connectivity index (χ2v) is 7.99. The molecule has 1 aromatic rings. The lowest BCUT2D eigenvalue weighted by Gasteiger charge is -2.33. The lowest BCUT2D eigenvalue weighted by molar-refractivity contribution is -0.147. The number of esters is 1. The summed E-state index contributed by atoms with van der Waals surface area (Å²) >= 11 is 0. The van der Waals surface area contributed by atoms with E-state index in [0.717, 1.165) is 37.2 Å². The van der Waals surface area contributed by atoms with E-state index in [1.54, 1.807) is 0 Å². The van der Waals surface area contributed by atoms with Crippen molar-refractivity contribution in [1.82, 2.24) is 4.90 Å². The fourth-order valence-electron chi connectivity index (χ4n) is 4.09. The number of carbonyl (C=O) groups excluding carboxylic acids is 2. The molecule has 0 saturated heterocycles. The molecule has 2 rings (SSSR count). The van der Waals surface area contributed by atoms with Crippen LogP contribution in [0.2, 0.25) is 0 Å². The third-order valence-corrected chi connectivity index (χ3v) is 5.79. The van der Waals surface area contributed by atoms with E-state index in [-0.39, 0.29) is 23.7 Å². The molecule has 1 fully saturated rings. The van der Waals surface area contributed by atoms with Gasteiger partial charge in [-0.1, -0.05) is 63.4 Å². The number of benzene rings is 1. The van der Waals surface area contributed by atoms with E-state index in [0.29, 0.717) is 13.1 Å². The Hall–Kier alpha value is -1.84. The van der Waals surface area contributed by atoms with Gasteiger partial charge >= 0.3 is 5.97 Å². The van der Waals surface area contributed by atoms with E-state index in [2.05, 4.69) is 6.92 Å². The molecule has 1 atom stereocenters. The highest BCUT2D eigenvalue weighted by atomic mass is 16.5. The van der Waals surface area contributed by atoms with Gasteiger partial charge in [0.1, 0.15) is 0 Å². The van der Waals surface area contributed by atoms with Crippen LogP contribution in [0.5, 0.6) is 0 Å². The molecule has 150 valence electrons. The Morgan fingerprint density at radius 3 is 2.41 bits per heavy atom. The molecule has 0 bridgehead atoms. The molecule has 0 aromatic heterocycles. The van der Waals surface area contributed by atoms with Crippen LogP contribution >= 0.6 is 0 Å². The van der Waals surface area contributed by atoms with Crippen molar-refractivity contribution >= 4 is 11.9 Å². The molecule has 1 unspecified atom stereocenters. The molecule has 0 N–H and O–H groups in total. The van der Waals surface area contributed by atoms with Gasteiger partial charge in [0, 0.05) is 19.0 Å². The summed E-state index contributed by atoms with van der Waals surface area (Å²) in [5, 5.41) is 0. The van der Waals surface area contributed by atoms with Crippen LogP contribution in [-0.4, -0.2) is 30.4 Å². The van der Waals surface area contributed by atoms with Crippen molar-refractivity contribution in [3.05, 3.63) is 35.9 Å². The zero-order chi connectivity index (χ0) is 19.6. The molecular formula is C23H35NO3. The maximum atomic E-state index is 13.2. The normalized spacial score (nSPS) is 20.7. The van der Waals surface area contributed by atoms with Crippen molar-refractivity contribution < 1.29 is 14.3 Å². The summed E-state index contributed by atoms with van der Waals surface area (Å²) in [7, 11) is 1.40. The predicted octanol–water partition coefficient (Wildman–Crippen LogP) is 4.82. The molecule has 1 saturated carbocycles. The summed E-state index contributed by atoms with van der Waals surface area (Å²) in [6.07, 6.45) is 8.10. The minimum absolute atomic E-state index is 0.0939. The van der Waals surface area contributed by atoms with Gasteiger partial charge in [0.2, 0.25) is 5.91 Å². The highest BCUT2D eigenvalue weighted by Crippen LogP contribution is 2.33. The van der Waals surface area contributed by atoms with Crippen LogP contribution < -0.4 is 0 Å². The van der Waals surface area contributed by atoms with Crippen LogP contribution in [0.15, 0.2) is 30.3 Å². The molecule has 4 heteroatoms. The fraction of sp³-hybridized carbons (Fsp3) is 0.652. The molecule has 1 amide bonds. The van der Waals surface area contributed by atoms with Crippen molar-refractivity contribution in [2.75, 3.05) is 13.7 Å². The number of carbonyl (C=O) groups is 2. The van der Waals surface area contributed by atoms with Gasteiger partial charge in [-0.05, 0) is 37.2 Å². The van der Waals surface area contributed by atoms with Crippen molar-refractivity contribution in [1.29, 1.82) is 0 Å². The molecule has 27 heavy (non-hydrogen) atoms. The Morgan fingerprint density at radius 1 is 1.15 bits per heavy atom. The number of hydrogen-bond donors (Lipinski definition) is 0. The highest BCUT2D eigenvalue weighted by Gasteiger charge is 2.31. The zero-order valence-electron chi connectivity index (χ0n) is 17.2. The maximum Gasteiger partial charge on any atom is 0.310 e. The second-order valence-electron chi connectivity index (χ2n) is 7.99. The summed E-state index contributed by atoms with van der Waals surface area (Å²) in [6.45, 7) is 5.03.